The van der Waals surface area contributed by atoms with Crippen molar-refractivity contribution in [3.05, 3.63) is 70.4 Å². The summed E-state index contributed by atoms with van der Waals surface area (Å²) >= 11 is 1.84. The Morgan fingerprint density at radius 1 is 1.13 bits per heavy atom. The van der Waals surface area contributed by atoms with E-state index in [1.54, 1.807) is 7.11 Å². The van der Waals surface area contributed by atoms with Crippen LogP contribution in [0.2, 0.25) is 0 Å². The average Bonchev–Trinajstić information content (AvgIpc) is 3.19. The van der Waals surface area contributed by atoms with E-state index in [0.717, 1.165) is 55.0 Å². The molecule has 30 heavy (non-hydrogen) atoms. The molecule has 5 heteroatoms. The minimum absolute atomic E-state index is 0.0173. The summed E-state index contributed by atoms with van der Waals surface area (Å²) in [5.41, 5.74) is 2.94. The van der Waals surface area contributed by atoms with Gasteiger partial charge in [-0.3, -0.25) is 9.69 Å². The van der Waals surface area contributed by atoms with Crippen molar-refractivity contribution in [3.63, 3.8) is 0 Å². The first kappa shape index (κ1) is 20.6. The van der Waals surface area contributed by atoms with E-state index >= 15 is 0 Å². The number of carbonyl (C=O) groups is 1. The van der Waals surface area contributed by atoms with Crippen LogP contribution in [-0.4, -0.2) is 31.0 Å². The first-order chi connectivity index (χ1) is 14.6. The van der Waals surface area contributed by atoms with E-state index in [4.69, 9.17) is 4.74 Å². The van der Waals surface area contributed by atoms with Crippen molar-refractivity contribution in [1.82, 2.24) is 4.90 Å². The fourth-order valence-electron chi connectivity index (χ4n) is 4.05. The lowest BCUT2D eigenvalue weighted by molar-refractivity contribution is -0.121. The molecule has 4 nitrogen and oxygen atoms in total. The number of benzene rings is 2. The first-order valence-electron chi connectivity index (χ1n) is 10.4. The number of para-hydroxylation sites is 1. The molecule has 4 rings (SSSR count). The maximum atomic E-state index is 13.1. The Morgan fingerprint density at radius 2 is 1.93 bits per heavy atom. The van der Waals surface area contributed by atoms with Gasteiger partial charge >= 0.3 is 0 Å². The molecule has 3 aromatic rings. The molecule has 1 aliphatic heterocycles. The smallest absolute Gasteiger partial charge is 0.228 e. The number of amides is 1. The van der Waals surface area contributed by atoms with Crippen LogP contribution < -0.4 is 10.1 Å². The lowest BCUT2D eigenvalue weighted by atomic mass is 9.96. The highest BCUT2D eigenvalue weighted by Gasteiger charge is 2.26. The molecule has 156 valence electrons. The molecule has 1 aromatic heterocycles. The Morgan fingerprint density at radius 3 is 2.67 bits per heavy atom. The molecule has 2 aromatic carbocycles. The number of thiophene rings is 1. The van der Waals surface area contributed by atoms with Gasteiger partial charge in [0.2, 0.25) is 5.91 Å². The highest BCUT2D eigenvalue weighted by Crippen LogP contribution is 2.30. The molecule has 1 atom stereocenters. The highest BCUT2D eigenvalue weighted by molar-refractivity contribution is 7.11. The SMILES string of the molecule is COc1ccc(-c2ccccc2NC(=O)[C@H]2CCCN(Cc3ccc(C)s3)C2)cc1. The molecule has 0 radical (unpaired) electrons. The third-order valence-electron chi connectivity index (χ3n) is 5.64. The van der Waals surface area contributed by atoms with Gasteiger partial charge in [-0.1, -0.05) is 30.3 Å². The van der Waals surface area contributed by atoms with Crippen LogP contribution in [0.25, 0.3) is 11.1 Å². The summed E-state index contributed by atoms with van der Waals surface area (Å²) in [6.45, 7) is 4.95. The minimum Gasteiger partial charge on any atom is -0.497 e. The van der Waals surface area contributed by atoms with Gasteiger partial charge in [-0.15, -0.1) is 11.3 Å². The lowest BCUT2D eigenvalue weighted by Gasteiger charge is -2.31. The number of rotatable bonds is 6. The molecule has 1 amide bonds. The number of carbonyl (C=O) groups excluding carboxylic acids is 1. The van der Waals surface area contributed by atoms with Crippen LogP contribution in [0.15, 0.2) is 60.7 Å². The summed E-state index contributed by atoms with van der Waals surface area (Å²) in [6.07, 6.45) is 2.00. The summed E-state index contributed by atoms with van der Waals surface area (Å²) in [5, 5.41) is 3.20. The Balaban J connectivity index is 1.44. The van der Waals surface area contributed by atoms with Crippen LogP contribution in [0.3, 0.4) is 0 Å². The molecule has 0 saturated carbocycles. The number of methoxy groups -OCH3 is 1. The maximum absolute atomic E-state index is 13.1. The van der Waals surface area contributed by atoms with Gasteiger partial charge in [-0.25, -0.2) is 0 Å². The average molecular weight is 421 g/mol. The molecule has 2 heterocycles. The van der Waals surface area contributed by atoms with Gasteiger partial charge in [-0.05, 0) is 62.2 Å². The Hall–Kier alpha value is -2.63. The third-order valence-corrected chi connectivity index (χ3v) is 6.62. The largest absolute Gasteiger partial charge is 0.497 e. The minimum atomic E-state index is 0.0173. The number of piperidine rings is 1. The van der Waals surface area contributed by atoms with Gasteiger partial charge in [0.05, 0.1) is 13.0 Å². The van der Waals surface area contributed by atoms with E-state index in [2.05, 4.69) is 29.3 Å². The van der Waals surface area contributed by atoms with Gasteiger partial charge < -0.3 is 10.1 Å². The van der Waals surface area contributed by atoms with Gasteiger partial charge in [-0.2, -0.15) is 0 Å². The number of nitrogens with one attached hydrogen (secondary N) is 1. The summed E-state index contributed by atoms with van der Waals surface area (Å²) in [7, 11) is 1.66. The third kappa shape index (κ3) is 4.91. The van der Waals surface area contributed by atoms with Crippen molar-refractivity contribution in [2.75, 3.05) is 25.5 Å². The predicted octanol–water partition coefficient (Wildman–Crippen LogP) is 5.58. The first-order valence-corrected chi connectivity index (χ1v) is 11.3. The molecule has 1 aliphatic rings. The van der Waals surface area contributed by atoms with Crippen molar-refractivity contribution in [2.24, 2.45) is 5.92 Å². The van der Waals surface area contributed by atoms with Gasteiger partial charge in [0.1, 0.15) is 5.75 Å². The molecule has 0 spiro atoms. The summed E-state index contributed by atoms with van der Waals surface area (Å²) < 4.78 is 5.26. The summed E-state index contributed by atoms with van der Waals surface area (Å²) in [5.74, 6) is 0.954. The monoisotopic (exact) mass is 420 g/mol. The second-order valence-corrected chi connectivity index (χ2v) is 9.22. The van der Waals surface area contributed by atoms with Gasteiger partial charge in [0.15, 0.2) is 0 Å². The molecular weight excluding hydrogens is 392 g/mol. The number of anilines is 1. The maximum Gasteiger partial charge on any atom is 0.228 e. The molecule has 0 unspecified atom stereocenters. The zero-order chi connectivity index (χ0) is 20.9. The van der Waals surface area contributed by atoms with Gasteiger partial charge in [0, 0.05) is 34.1 Å². The number of hydrogen-bond donors (Lipinski definition) is 1. The molecule has 1 N–H and O–H groups in total. The van der Waals surface area contributed by atoms with Crippen LogP contribution >= 0.6 is 11.3 Å². The summed E-state index contributed by atoms with van der Waals surface area (Å²) in [4.78, 5) is 18.2. The van der Waals surface area contributed by atoms with Crippen molar-refractivity contribution in [2.45, 2.75) is 26.3 Å². The Labute approximate surface area is 182 Å². The molecule has 1 fully saturated rings. The normalized spacial score (nSPS) is 16.9. The van der Waals surface area contributed by atoms with E-state index in [0.29, 0.717) is 0 Å². The van der Waals surface area contributed by atoms with Crippen molar-refractivity contribution >= 4 is 22.9 Å². The zero-order valence-electron chi connectivity index (χ0n) is 17.6. The zero-order valence-corrected chi connectivity index (χ0v) is 18.4. The fraction of sp³-hybridized carbons (Fsp3) is 0.320. The Kier molecular flexibility index (Phi) is 6.50. The quantitative estimate of drug-likeness (QED) is 0.566. The van der Waals surface area contributed by atoms with E-state index in [1.165, 1.54) is 9.75 Å². The van der Waals surface area contributed by atoms with Crippen LogP contribution in [0.4, 0.5) is 5.69 Å². The van der Waals surface area contributed by atoms with Crippen LogP contribution in [0, 0.1) is 12.8 Å². The summed E-state index contributed by atoms with van der Waals surface area (Å²) in [6, 6.07) is 20.3. The fourth-order valence-corrected chi connectivity index (χ4v) is 4.99. The van der Waals surface area contributed by atoms with Gasteiger partial charge in [0.25, 0.3) is 0 Å². The highest BCUT2D eigenvalue weighted by atomic mass is 32.1. The van der Waals surface area contributed by atoms with E-state index in [9.17, 15) is 4.79 Å². The van der Waals surface area contributed by atoms with Crippen molar-refractivity contribution in [3.8, 4) is 16.9 Å². The molecule has 1 saturated heterocycles. The van der Waals surface area contributed by atoms with E-state index in [-0.39, 0.29) is 11.8 Å². The van der Waals surface area contributed by atoms with Crippen molar-refractivity contribution < 1.29 is 9.53 Å². The number of nitrogens with zero attached hydrogens (tertiary/aromatic N) is 1. The second kappa shape index (κ2) is 9.45. The number of likely N-dealkylation sites (tertiary alicyclic amines) is 1. The molecule has 0 bridgehead atoms. The van der Waals surface area contributed by atoms with E-state index < -0.39 is 0 Å². The standard InChI is InChI=1S/C25H28N2O2S/c1-18-9-14-22(30-18)17-27-15-5-6-20(16-27)25(28)26-24-8-4-3-7-23(24)19-10-12-21(29-2)13-11-19/h3-4,7-14,20H,5-6,15-17H2,1-2H3,(H,26,28)/t20-/m0/s1. The van der Waals surface area contributed by atoms with Crippen LogP contribution in [0.5, 0.6) is 5.75 Å². The predicted molar refractivity (Wildman–Crippen MR) is 124 cm³/mol. The Bertz CT molecular complexity index is 996. The van der Waals surface area contributed by atoms with Crippen LogP contribution in [-0.2, 0) is 11.3 Å². The number of ether oxygens (including phenoxy) is 1. The second-order valence-electron chi connectivity index (χ2n) is 7.85. The number of hydrogen-bond acceptors (Lipinski definition) is 4. The lowest BCUT2D eigenvalue weighted by Crippen LogP contribution is -2.40. The topological polar surface area (TPSA) is 41.6 Å². The molecule has 0 aliphatic carbocycles. The molecular formula is C25H28N2O2S. The van der Waals surface area contributed by atoms with Crippen molar-refractivity contribution in [1.29, 1.82) is 0 Å². The number of aryl methyl sites for hydroxylation is 1. The van der Waals surface area contributed by atoms with Crippen LogP contribution in [0.1, 0.15) is 22.6 Å². The van der Waals surface area contributed by atoms with E-state index in [1.807, 2.05) is 59.9 Å².